The van der Waals surface area contributed by atoms with Gasteiger partial charge in [-0.15, -0.1) is 0 Å². The van der Waals surface area contributed by atoms with Crippen LogP contribution in [-0.4, -0.2) is 112 Å². The van der Waals surface area contributed by atoms with Gasteiger partial charge in [0, 0.05) is 36.2 Å². The zero-order chi connectivity index (χ0) is 56.4. The second kappa shape index (κ2) is 22.4. The molecule has 3 fully saturated rings. The van der Waals surface area contributed by atoms with Gasteiger partial charge in [-0.2, -0.15) is 0 Å². The number of carbonyl (C=O) groups is 7. The summed E-state index contributed by atoms with van der Waals surface area (Å²) < 4.78 is 53.6. The Balaban J connectivity index is 1.26. The van der Waals surface area contributed by atoms with E-state index in [2.05, 4.69) is 5.32 Å². The van der Waals surface area contributed by atoms with Gasteiger partial charge >= 0.3 is 36.3 Å². The minimum absolute atomic E-state index is 0.0182. The summed E-state index contributed by atoms with van der Waals surface area (Å²) in [6.45, 7) is 11.0. The molecule has 4 aromatic rings. The summed E-state index contributed by atoms with van der Waals surface area (Å²) in [6, 6.07) is 31.6. The van der Waals surface area contributed by atoms with Crippen LogP contribution >= 0.6 is 0 Å². The van der Waals surface area contributed by atoms with E-state index < -0.39 is 125 Å². The van der Waals surface area contributed by atoms with Crippen LogP contribution in [0.1, 0.15) is 101 Å². The zero-order valence-electron chi connectivity index (χ0n) is 44.6. The first-order valence-corrected chi connectivity index (χ1v) is 25.6. The number of esters is 3. The normalized spacial score (nSPS) is 27.7. The van der Waals surface area contributed by atoms with Gasteiger partial charge in [0.15, 0.2) is 11.4 Å². The fraction of sp³-hybridized carbons (Fsp3) is 0.441. The van der Waals surface area contributed by atoms with Gasteiger partial charge in [-0.25, -0.2) is 24.0 Å². The Morgan fingerprint density at radius 2 is 1.32 bits per heavy atom. The molecule has 2 saturated carbocycles. The van der Waals surface area contributed by atoms with Crippen molar-refractivity contribution in [2.24, 2.45) is 16.7 Å². The Kier molecular flexibility index (Phi) is 16.2. The van der Waals surface area contributed by atoms with Crippen LogP contribution in [0.3, 0.4) is 0 Å². The number of Topliss-reactive ketones (excluding diaryl/α,β-unsaturated/α-hetero) is 1. The van der Waals surface area contributed by atoms with Crippen molar-refractivity contribution < 1.29 is 86.4 Å². The van der Waals surface area contributed by atoms with Crippen LogP contribution in [0.4, 0.5) is 14.4 Å². The van der Waals surface area contributed by atoms with Crippen LogP contribution in [-0.2, 0) is 70.2 Å². The quantitative estimate of drug-likeness (QED) is 0.0799. The molecule has 4 aliphatic rings. The summed E-state index contributed by atoms with van der Waals surface area (Å²) in [7, 11) is 0. The monoisotopic (exact) mass is 1080 g/mol. The van der Waals surface area contributed by atoms with Gasteiger partial charge in [-0.05, 0) is 62.1 Å². The molecule has 2 unspecified atom stereocenters. The van der Waals surface area contributed by atoms with Crippen molar-refractivity contribution in [2.75, 3.05) is 6.61 Å². The molecule has 1 heterocycles. The predicted molar refractivity (Wildman–Crippen MR) is 275 cm³/mol. The van der Waals surface area contributed by atoms with E-state index in [1.165, 1.54) is 39.8 Å². The van der Waals surface area contributed by atoms with Crippen molar-refractivity contribution in [1.82, 2.24) is 5.32 Å². The molecule has 414 valence electrons. The molecule has 1 saturated heterocycles. The smallest absolute Gasteiger partial charge is 0.455 e. The molecule has 8 rings (SSSR count). The number of rotatable bonds is 14. The lowest BCUT2D eigenvalue weighted by Gasteiger charge is -2.68. The van der Waals surface area contributed by atoms with Gasteiger partial charge in [0.05, 0.1) is 18.1 Å². The fourth-order valence-corrected chi connectivity index (χ4v) is 11.5. The van der Waals surface area contributed by atoms with E-state index in [9.17, 15) is 34.2 Å². The molecule has 2 bridgehead atoms. The number of ether oxygens (including phenoxy) is 9. The molecule has 0 radical (unpaired) electrons. The number of ketones is 1. The number of hydrogen-bond donors (Lipinski definition) is 3. The Morgan fingerprint density at radius 1 is 0.769 bits per heavy atom. The minimum Gasteiger partial charge on any atom is -0.455 e. The molecule has 3 aliphatic carbocycles. The number of amides is 1. The largest absolute Gasteiger partial charge is 0.509 e. The highest BCUT2D eigenvalue weighted by Crippen LogP contribution is 2.65. The van der Waals surface area contributed by atoms with Crippen molar-refractivity contribution >= 4 is 42.1 Å². The highest BCUT2D eigenvalue weighted by molar-refractivity contribution is 6.02. The number of benzene rings is 4. The Labute approximate surface area is 451 Å². The van der Waals surface area contributed by atoms with Crippen LogP contribution in [0.15, 0.2) is 132 Å². The van der Waals surface area contributed by atoms with Crippen LogP contribution in [0.2, 0.25) is 0 Å². The minimum atomic E-state index is -2.56. The second-order valence-corrected chi connectivity index (χ2v) is 21.9. The summed E-state index contributed by atoms with van der Waals surface area (Å²) in [5.74, 6) is -5.79. The number of carbonyl (C=O) groups excluding carboxylic acids is 7. The highest BCUT2D eigenvalue weighted by Gasteiger charge is 2.78. The van der Waals surface area contributed by atoms with E-state index >= 15 is 9.59 Å². The van der Waals surface area contributed by atoms with E-state index in [4.69, 9.17) is 42.6 Å². The lowest BCUT2D eigenvalue weighted by atomic mass is 9.44. The van der Waals surface area contributed by atoms with Gasteiger partial charge in [-0.1, -0.05) is 130 Å². The van der Waals surface area contributed by atoms with Gasteiger partial charge in [0.2, 0.25) is 6.10 Å². The Morgan fingerprint density at radius 3 is 1.86 bits per heavy atom. The van der Waals surface area contributed by atoms with Gasteiger partial charge in [-0.3, -0.25) is 9.59 Å². The van der Waals surface area contributed by atoms with Gasteiger partial charge in [0.25, 0.3) is 0 Å². The molecule has 1 aliphatic heterocycles. The van der Waals surface area contributed by atoms with Crippen molar-refractivity contribution in [1.29, 1.82) is 0 Å². The Hall–Kier alpha value is -7.61. The van der Waals surface area contributed by atoms with Crippen molar-refractivity contribution in [3.8, 4) is 0 Å². The molecule has 19 nitrogen and oxygen atoms in total. The van der Waals surface area contributed by atoms with E-state index in [1.807, 2.05) is 0 Å². The molecule has 0 aromatic heterocycles. The zero-order valence-corrected chi connectivity index (χ0v) is 44.6. The molecule has 4 aromatic carbocycles. The average molecular weight is 1080 g/mol. The number of fused-ring (bicyclic) bond motifs is 5. The summed E-state index contributed by atoms with van der Waals surface area (Å²) in [4.78, 5) is 100. The van der Waals surface area contributed by atoms with E-state index in [-0.39, 0.29) is 48.5 Å². The number of hydrogen-bond acceptors (Lipinski definition) is 18. The van der Waals surface area contributed by atoms with E-state index in [0.717, 1.165) is 6.92 Å². The lowest BCUT2D eigenvalue weighted by Crippen LogP contribution is -2.82. The standard InChI is InChI=1S/C59H65NO18/c1-34-40(73-51(65)46(75-54(68)71-32-37-23-15-10-16-24-37)44(38-25-17-11-18-26-38)60-52(66)78-55(3,4)5)30-59(69)49(76-50(64)39-27-19-12-20-28-39)47-57(8,48(63)45(62)43(34)56(59,6)7)41(29-42-58(47,33-72-42)77-35(2)61)74-53(67)70-31-36-21-13-9-14-22-36/h9-28,40-42,44,46-49,63,69H,29-33H2,1-8H3,(H,60,66)/t40-,41-,42+,44-,46+,47?,48?,49-,57+,58-,59+/m0/s1. The maximum absolute atomic E-state index is 15.7. The van der Waals surface area contributed by atoms with Crippen molar-refractivity contribution in [3.05, 3.63) is 155 Å². The summed E-state index contributed by atoms with van der Waals surface area (Å²) >= 11 is 0. The number of nitrogens with one attached hydrogen (secondary N) is 1. The molecular weight excluding hydrogens is 1010 g/mol. The Bertz CT molecular complexity index is 2910. The second-order valence-electron chi connectivity index (χ2n) is 21.9. The topological polar surface area (TPSA) is 255 Å². The molecular formula is C59H65NO18. The maximum Gasteiger partial charge on any atom is 0.509 e. The summed E-state index contributed by atoms with van der Waals surface area (Å²) in [5.41, 5.74) is -8.15. The summed E-state index contributed by atoms with van der Waals surface area (Å²) in [6.07, 6.45) is -15.0. The van der Waals surface area contributed by atoms with Crippen LogP contribution in [0.25, 0.3) is 0 Å². The van der Waals surface area contributed by atoms with E-state index in [0.29, 0.717) is 11.1 Å². The maximum atomic E-state index is 15.7. The SMILES string of the molecule is CC(=O)O[C@@]12CO[C@@H]1C[C@H](OC(=O)OCc1ccccc1)[C@@]1(C)C(O)C(=O)C3=C(C)[C@@H](OC(=O)[C@H](OC(=O)OCc4ccccc4)[C@@H](NC(=O)OC(C)(C)C)c4ccccc4)C[C@@](O)([C@@H](OC(=O)c4ccccc4)C12)C3(C)C. The first-order chi connectivity index (χ1) is 36.9. The van der Waals surface area contributed by atoms with Gasteiger partial charge < -0.3 is 58.2 Å². The highest BCUT2D eigenvalue weighted by atomic mass is 16.7. The third kappa shape index (κ3) is 11.2. The number of aliphatic hydroxyl groups is 2. The van der Waals surface area contributed by atoms with Crippen LogP contribution < -0.4 is 5.32 Å². The number of aliphatic hydroxyl groups excluding tert-OH is 1. The molecule has 78 heavy (non-hydrogen) atoms. The molecule has 3 N–H and O–H groups in total. The predicted octanol–water partition coefficient (Wildman–Crippen LogP) is 7.98. The lowest BCUT2D eigenvalue weighted by molar-refractivity contribution is -0.357. The van der Waals surface area contributed by atoms with Crippen molar-refractivity contribution in [2.45, 2.75) is 141 Å². The fourth-order valence-electron chi connectivity index (χ4n) is 11.5. The average Bonchev–Trinajstić information content (AvgIpc) is 3.40. The first-order valence-electron chi connectivity index (χ1n) is 25.6. The molecule has 1 amide bonds. The molecule has 11 atom stereocenters. The van der Waals surface area contributed by atoms with Crippen LogP contribution in [0.5, 0.6) is 0 Å². The van der Waals surface area contributed by atoms with Crippen molar-refractivity contribution in [3.63, 3.8) is 0 Å². The number of alkyl carbamates (subject to hydrolysis) is 1. The third-order valence-electron chi connectivity index (χ3n) is 15.4. The van der Waals surface area contributed by atoms with Gasteiger partial charge in [0.1, 0.15) is 61.0 Å². The van der Waals surface area contributed by atoms with E-state index in [1.54, 1.807) is 130 Å². The molecule has 19 heteroatoms. The first kappa shape index (κ1) is 56.6. The summed E-state index contributed by atoms with van der Waals surface area (Å²) in [5, 5.41) is 29.7. The molecule has 0 spiro atoms. The third-order valence-corrected chi connectivity index (χ3v) is 15.4. The van der Waals surface area contributed by atoms with Crippen LogP contribution in [0, 0.1) is 16.7 Å².